The van der Waals surface area contributed by atoms with E-state index in [4.69, 9.17) is 9.47 Å². The van der Waals surface area contributed by atoms with E-state index in [1.54, 1.807) is 14.2 Å². The van der Waals surface area contributed by atoms with Crippen LogP contribution in [-0.4, -0.2) is 44.9 Å². The van der Waals surface area contributed by atoms with Gasteiger partial charge in [0.05, 0.1) is 12.2 Å². The zero-order valence-electron chi connectivity index (χ0n) is 18.8. The fourth-order valence-corrected chi connectivity index (χ4v) is 4.84. The van der Waals surface area contributed by atoms with Crippen LogP contribution < -0.4 is 10.6 Å². The first kappa shape index (κ1) is 23.4. The van der Waals surface area contributed by atoms with Crippen LogP contribution >= 0.6 is 0 Å². The van der Waals surface area contributed by atoms with Gasteiger partial charge in [-0.25, -0.2) is 0 Å². The van der Waals surface area contributed by atoms with Crippen molar-refractivity contribution in [3.63, 3.8) is 0 Å². The highest BCUT2D eigenvalue weighted by Gasteiger charge is 2.30. The monoisotopic (exact) mass is 394 g/mol. The number of nitrogens with one attached hydrogen (secondary N) is 2. The molecule has 0 spiro atoms. The van der Waals surface area contributed by atoms with E-state index in [0.29, 0.717) is 36.8 Å². The molecule has 162 valence electrons. The first-order valence-corrected chi connectivity index (χ1v) is 11.2. The second-order valence-electron chi connectivity index (χ2n) is 9.21. The number of rotatable bonds is 9. The zero-order chi connectivity index (χ0) is 20.7. The molecule has 3 atom stereocenters. The summed E-state index contributed by atoms with van der Waals surface area (Å²) >= 11 is 0. The van der Waals surface area contributed by atoms with Gasteiger partial charge in [0.25, 0.3) is 0 Å². The smallest absolute Gasteiger partial charge is 0.225 e. The summed E-state index contributed by atoms with van der Waals surface area (Å²) in [6.45, 7) is 9.72. The number of carbonyl (C=O) groups excluding carboxylic acids is 1. The van der Waals surface area contributed by atoms with Crippen LogP contribution in [0.4, 0.5) is 0 Å². The van der Waals surface area contributed by atoms with E-state index in [9.17, 15) is 4.79 Å². The fraction of sp³-hybridized carbons (Fsp3) is 0.870. The average molecular weight is 395 g/mol. The Bertz CT molecular complexity index is 518. The minimum Gasteiger partial charge on any atom is -0.381 e. The van der Waals surface area contributed by atoms with Crippen molar-refractivity contribution in [1.82, 2.24) is 10.6 Å². The molecule has 0 aliphatic heterocycles. The largest absolute Gasteiger partial charge is 0.381 e. The van der Waals surface area contributed by atoms with Crippen molar-refractivity contribution in [2.45, 2.75) is 90.9 Å². The van der Waals surface area contributed by atoms with Gasteiger partial charge in [-0.15, -0.1) is 0 Å². The molecule has 2 rings (SSSR count). The SMILES string of the molecule is COC1CC(NCCC(=O)NC2=C(C(C)C)CCCC2C(C)C)CC(OC)C1. The van der Waals surface area contributed by atoms with Crippen LogP contribution in [0.1, 0.15) is 72.6 Å². The van der Waals surface area contributed by atoms with Gasteiger partial charge >= 0.3 is 0 Å². The number of carbonyl (C=O) groups is 1. The van der Waals surface area contributed by atoms with E-state index in [1.807, 2.05) is 0 Å². The maximum Gasteiger partial charge on any atom is 0.225 e. The van der Waals surface area contributed by atoms with Crippen LogP contribution in [-0.2, 0) is 14.3 Å². The first-order chi connectivity index (χ1) is 13.3. The third-order valence-corrected chi connectivity index (χ3v) is 6.53. The van der Waals surface area contributed by atoms with Gasteiger partial charge < -0.3 is 20.1 Å². The average Bonchev–Trinajstić information content (AvgIpc) is 2.67. The van der Waals surface area contributed by atoms with Gasteiger partial charge in [-0.1, -0.05) is 27.7 Å². The minimum atomic E-state index is 0.135. The Morgan fingerprint density at radius 2 is 1.71 bits per heavy atom. The van der Waals surface area contributed by atoms with Crippen LogP contribution in [0.3, 0.4) is 0 Å². The van der Waals surface area contributed by atoms with Crippen molar-refractivity contribution in [2.75, 3.05) is 20.8 Å². The number of hydrogen-bond acceptors (Lipinski definition) is 4. The standard InChI is InChI=1S/C23H42N2O3/c1-15(2)20-8-7-9-21(16(3)4)23(20)25-22(26)10-11-24-17-12-18(27-5)14-19(13-17)28-6/h15-20,24H,7-14H2,1-6H3,(H,25,26). The molecule has 0 bridgehead atoms. The molecule has 3 unspecified atom stereocenters. The summed E-state index contributed by atoms with van der Waals surface area (Å²) in [5.74, 6) is 1.66. The van der Waals surface area contributed by atoms with Crippen molar-refractivity contribution < 1.29 is 14.3 Å². The molecule has 2 aliphatic rings. The second kappa shape index (κ2) is 11.3. The van der Waals surface area contributed by atoms with Gasteiger partial charge in [0, 0.05) is 44.8 Å². The lowest BCUT2D eigenvalue weighted by molar-refractivity contribution is -0.120. The minimum absolute atomic E-state index is 0.135. The summed E-state index contributed by atoms with van der Waals surface area (Å²) in [4.78, 5) is 12.7. The van der Waals surface area contributed by atoms with Gasteiger partial charge in [0.2, 0.25) is 5.91 Å². The summed E-state index contributed by atoms with van der Waals surface area (Å²) < 4.78 is 11.1. The highest BCUT2D eigenvalue weighted by atomic mass is 16.5. The lowest BCUT2D eigenvalue weighted by Crippen LogP contribution is -2.44. The second-order valence-corrected chi connectivity index (χ2v) is 9.21. The number of hydrogen-bond donors (Lipinski definition) is 2. The molecule has 0 aromatic rings. The highest BCUT2D eigenvalue weighted by Crippen LogP contribution is 2.36. The van der Waals surface area contributed by atoms with Crippen molar-refractivity contribution in [2.24, 2.45) is 17.8 Å². The summed E-state index contributed by atoms with van der Waals surface area (Å²) in [5.41, 5.74) is 2.67. The number of methoxy groups -OCH3 is 2. The molecular formula is C23H42N2O3. The Hall–Kier alpha value is -0.910. The molecule has 0 aromatic carbocycles. The Morgan fingerprint density at radius 1 is 1.07 bits per heavy atom. The van der Waals surface area contributed by atoms with Gasteiger partial charge in [-0.2, -0.15) is 0 Å². The van der Waals surface area contributed by atoms with Gasteiger partial charge in [-0.3, -0.25) is 4.79 Å². The third-order valence-electron chi connectivity index (χ3n) is 6.53. The van der Waals surface area contributed by atoms with Crippen LogP contribution in [0.25, 0.3) is 0 Å². The van der Waals surface area contributed by atoms with Gasteiger partial charge in [0.15, 0.2) is 0 Å². The topological polar surface area (TPSA) is 59.6 Å². The van der Waals surface area contributed by atoms with Crippen molar-refractivity contribution in [1.29, 1.82) is 0 Å². The van der Waals surface area contributed by atoms with E-state index < -0.39 is 0 Å². The lowest BCUT2D eigenvalue weighted by atomic mass is 9.77. The molecule has 2 N–H and O–H groups in total. The molecule has 1 fully saturated rings. The summed E-state index contributed by atoms with van der Waals surface area (Å²) in [6, 6.07) is 0.347. The molecule has 28 heavy (non-hydrogen) atoms. The Morgan fingerprint density at radius 3 is 2.25 bits per heavy atom. The van der Waals surface area contributed by atoms with Gasteiger partial charge in [0.1, 0.15) is 0 Å². The predicted octanol–water partition coefficient (Wildman–Crippen LogP) is 4.03. The predicted molar refractivity (Wildman–Crippen MR) is 114 cm³/mol. The van der Waals surface area contributed by atoms with E-state index in [2.05, 4.69) is 38.3 Å². The summed E-state index contributed by atoms with van der Waals surface area (Å²) in [5, 5.41) is 6.86. The maximum absolute atomic E-state index is 12.7. The molecule has 1 amide bonds. The third kappa shape index (κ3) is 6.57. The lowest BCUT2D eigenvalue weighted by Gasteiger charge is -2.34. The van der Waals surface area contributed by atoms with E-state index in [1.165, 1.54) is 24.1 Å². The Kier molecular flexibility index (Phi) is 9.45. The van der Waals surface area contributed by atoms with E-state index in [0.717, 1.165) is 25.7 Å². The highest BCUT2D eigenvalue weighted by molar-refractivity contribution is 5.78. The van der Waals surface area contributed by atoms with Crippen LogP contribution in [0, 0.1) is 17.8 Å². The van der Waals surface area contributed by atoms with Crippen LogP contribution in [0.5, 0.6) is 0 Å². The molecule has 5 heteroatoms. The molecule has 1 saturated carbocycles. The fourth-order valence-electron chi connectivity index (χ4n) is 4.84. The first-order valence-electron chi connectivity index (χ1n) is 11.2. The number of amides is 1. The number of ether oxygens (including phenoxy) is 2. The van der Waals surface area contributed by atoms with Crippen LogP contribution in [0.2, 0.25) is 0 Å². The summed E-state index contributed by atoms with van der Waals surface area (Å²) in [7, 11) is 3.53. The maximum atomic E-state index is 12.7. The molecule has 2 aliphatic carbocycles. The molecule has 0 heterocycles. The zero-order valence-corrected chi connectivity index (χ0v) is 18.8. The Balaban J connectivity index is 1.88. The quantitative estimate of drug-likeness (QED) is 0.620. The molecular weight excluding hydrogens is 352 g/mol. The summed E-state index contributed by atoms with van der Waals surface area (Å²) in [6.07, 6.45) is 7.43. The molecule has 0 aromatic heterocycles. The molecule has 5 nitrogen and oxygen atoms in total. The Labute approximate surface area is 172 Å². The molecule has 0 saturated heterocycles. The van der Waals surface area contributed by atoms with Crippen molar-refractivity contribution >= 4 is 5.91 Å². The van der Waals surface area contributed by atoms with Crippen LogP contribution in [0.15, 0.2) is 11.3 Å². The van der Waals surface area contributed by atoms with Crippen molar-refractivity contribution in [3.8, 4) is 0 Å². The number of allylic oxidation sites excluding steroid dienone is 2. The van der Waals surface area contributed by atoms with Crippen molar-refractivity contribution in [3.05, 3.63) is 11.3 Å². The molecule has 0 radical (unpaired) electrons. The van der Waals surface area contributed by atoms with E-state index >= 15 is 0 Å². The normalized spacial score (nSPS) is 28.9. The van der Waals surface area contributed by atoms with E-state index in [-0.39, 0.29) is 18.1 Å². The van der Waals surface area contributed by atoms with Gasteiger partial charge in [-0.05, 0) is 55.9 Å².